The number of sulfonamides is 1. The zero-order valence-electron chi connectivity index (χ0n) is 11.2. The topological polar surface area (TPSA) is 49.4 Å². The number of nitrogens with one attached hydrogen (secondary N) is 1. The van der Waals surface area contributed by atoms with E-state index < -0.39 is 10.0 Å². The molecule has 0 saturated carbocycles. The molecule has 3 fully saturated rings. The first-order chi connectivity index (χ1) is 9.60. The van der Waals surface area contributed by atoms with E-state index in [-0.39, 0.29) is 6.04 Å². The van der Waals surface area contributed by atoms with Gasteiger partial charge < -0.3 is 0 Å². The highest BCUT2D eigenvalue weighted by Crippen LogP contribution is 2.35. The van der Waals surface area contributed by atoms with Crippen LogP contribution in [0.3, 0.4) is 0 Å². The third-order valence-corrected chi connectivity index (χ3v) is 7.18. The molecule has 1 N–H and O–H groups in total. The Bertz CT molecular complexity index is 604. The fraction of sp³-hybridized carbons (Fsp3) is 0.571. The highest BCUT2D eigenvalue weighted by atomic mass is 32.2. The number of rotatable bonds is 4. The molecule has 3 aliphatic heterocycles. The average Bonchev–Trinajstić information content (AvgIpc) is 3.01. The third-order valence-electron chi connectivity index (χ3n) is 4.36. The van der Waals surface area contributed by atoms with Gasteiger partial charge in [-0.05, 0) is 36.8 Å². The van der Waals surface area contributed by atoms with Crippen LogP contribution in [-0.2, 0) is 10.0 Å². The Balaban J connectivity index is 1.62. The summed E-state index contributed by atoms with van der Waals surface area (Å²) in [6.45, 7) is 2.43. The fourth-order valence-corrected chi connectivity index (χ4v) is 5.34. The Morgan fingerprint density at radius 3 is 3.00 bits per heavy atom. The van der Waals surface area contributed by atoms with Gasteiger partial charge in [-0.1, -0.05) is 6.07 Å². The van der Waals surface area contributed by atoms with Crippen molar-refractivity contribution in [2.24, 2.45) is 11.8 Å². The van der Waals surface area contributed by atoms with Crippen LogP contribution in [0.25, 0.3) is 0 Å². The molecule has 108 valence electrons. The van der Waals surface area contributed by atoms with Crippen molar-refractivity contribution in [1.29, 1.82) is 0 Å². The van der Waals surface area contributed by atoms with Gasteiger partial charge >= 0.3 is 0 Å². The second kappa shape index (κ2) is 5.49. The standard InChI is InChI=1S/C14H18N2O2S2/c1-2-11-10-16-6-5-12(11)8-13(16)9-15-20(17,18)14-4-3-7-19-14/h1,3-4,7,11-13,15H,5-6,8-10H2. The molecule has 0 spiro atoms. The predicted molar refractivity (Wildman–Crippen MR) is 79.9 cm³/mol. The molecular formula is C14H18N2O2S2. The van der Waals surface area contributed by atoms with Crippen LogP contribution in [0.4, 0.5) is 0 Å². The summed E-state index contributed by atoms with van der Waals surface area (Å²) < 4.78 is 27.3. The normalized spacial score (nSPS) is 33.0. The fourth-order valence-electron chi connectivity index (χ4n) is 3.23. The van der Waals surface area contributed by atoms with Crippen LogP contribution < -0.4 is 4.72 Å². The van der Waals surface area contributed by atoms with E-state index in [1.54, 1.807) is 17.5 Å². The van der Waals surface area contributed by atoms with Crippen molar-refractivity contribution >= 4 is 21.4 Å². The maximum Gasteiger partial charge on any atom is 0.250 e. The van der Waals surface area contributed by atoms with E-state index in [4.69, 9.17) is 6.42 Å². The molecule has 3 saturated heterocycles. The molecule has 2 bridgehead atoms. The van der Waals surface area contributed by atoms with Crippen LogP contribution in [0.15, 0.2) is 21.7 Å². The van der Waals surface area contributed by atoms with E-state index in [1.807, 2.05) is 0 Å². The van der Waals surface area contributed by atoms with Crippen molar-refractivity contribution in [1.82, 2.24) is 9.62 Å². The lowest BCUT2D eigenvalue weighted by molar-refractivity contribution is 0.0251. The molecule has 3 aliphatic rings. The summed E-state index contributed by atoms with van der Waals surface area (Å²) >= 11 is 1.25. The molecule has 6 heteroatoms. The Morgan fingerprint density at radius 2 is 2.40 bits per heavy atom. The molecule has 4 atom stereocenters. The molecule has 20 heavy (non-hydrogen) atoms. The van der Waals surface area contributed by atoms with Gasteiger partial charge in [-0.25, -0.2) is 13.1 Å². The number of hydrogen-bond donors (Lipinski definition) is 1. The summed E-state index contributed by atoms with van der Waals surface area (Å²) in [5.41, 5.74) is 0. The summed E-state index contributed by atoms with van der Waals surface area (Å²) in [5.74, 6) is 3.77. The van der Waals surface area contributed by atoms with E-state index in [0.717, 1.165) is 25.9 Å². The smallest absolute Gasteiger partial charge is 0.250 e. The minimum Gasteiger partial charge on any atom is -0.298 e. The van der Waals surface area contributed by atoms with Gasteiger partial charge in [-0.3, -0.25) is 4.90 Å². The first-order valence-corrected chi connectivity index (χ1v) is 9.20. The van der Waals surface area contributed by atoms with E-state index >= 15 is 0 Å². The van der Waals surface area contributed by atoms with E-state index in [9.17, 15) is 8.42 Å². The maximum absolute atomic E-state index is 12.1. The van der Waals surface area contributed by atoms with Crippen molar-refractivity contribution in [2.45, 2.75) is 23.1 Å². The van der Waals surface area contributed by atoms with Crippen molar-refractivity contribution < 1.29 is 8.42 Å². The second-order valence-corrected chi connectivity index (χ2v) is 8.43. The zero-order valence-corrected chi connectivity index (χ0v) is 12.8. The summed E-state index contributed by atoms with van der Waals surface area (Å²) in [5, 5.41) is 1.78. The van der Waals surface area contributed by atoms with Gasteiger partial charge in [0.25, 0.3) is 0 Å². The third kappa shape index (κ3) is 2.63. The Kier molecular flexibility index (Phi) is 3.87. The summed E-state index contributed by atoms with van der Waals surface area (Å²) in [6, 6.07) is 3.67. The van der Waals surface area contributed by atoms with Crippen LogP contribution >= 0.6 is 11.3 Å². The number of thiophene rings is 1. The minimum atomic E-state index is -3.35. The summed E-state index contributed by atoms with van der Waals surface area (Å²) in [7, 11) is -3.35. The molecule has 0 radical (unpaired) electrons. The van der Waals surface area contributed by atoms with Crippen LogP contribution in [0.5, 0.6) is 0 Å². The highest BCUT2D eigenvalue weighted by molar-refractivity contribution is 7.91. The number of hydrogen-bond acceptors (Lipinski definition) is 4. The van der Waals surface area contributed by atoms with E-state index in [0.29, 0.717) is 22.6 Å². The molecule has 4 rings (SSSR count). The lowest BCUT2D eigenvalue weighted by Gasteiger charge is -2.48. The molecule has 4 nitrogen and oxygen atoms in total. The second-order valence-electron chi connectivity index (χ2n) is 5.49. The Labute approximate surface area is 124 Å². The van der Waals surface area contributed by atoms with Gasteiger partial charge in [-0.2, -0.15) is 0 Å². The molecule has 4 unspecified atom stereocenters. The first-order valence-electron chi connectivity index (χ1n) is 6.83. The quantitative estimate of drug-likeness (QED) is 0.855. The Morgan fingerprint density at radius 1 is 1.55 bits per heavy atom. The monoisotopic (exact) mass is 310 g/mol. The SMILES string of the molecule is C#CC1CN2CCC1CC2CNS(=O)(=O)c1cccs1. The van der Waals surface area contributed by atoms with Crippen molar-refractivity contribution in [3.8, 4) is 12.3 Å². The number of fused-ring (bicyclic) bond motifs is 3. The van der Waals surface area contributed by atoms with Gasteiger partial charge in [0.1, 0.15) is 4.21 Å². The van der Waals surface area contributed by atoms with Crippen molar-refractivity contribution in [3.05, 3.63) is 17.5 Å². The number of piperidine rings is 3. The maximum atomic E-state index is 12.1. The van der Waals surface area contributed by atoms with E-state index in [1.165, 1.54) is 11.3 Å². The molecule has 4 heterocycles. The van der Waals surface area contributed by atoms with Gasteiger partial charge in [0.05, 0.1) is 0 Å². The molecule has 0 amide bonds. The molecule has 1 aromatic rings. The molecular weight excluding hydrogens is 292 g/mol. The Hall–Kier alpha value is -0.870. The van der Waals surface area contributed by atoms with Crippen molar-refractivity contribution in [2.75, 3.05) is 19.6 Å². The average molecular weight is 310 g/mol. The van der Waals surface area contributed by atoms with Gasteiger partial charge in [-0.15, -0.1) is 23.7 Å². The van der Waals surface area contributed by atoms with Gasteiger partial charge in [0.15, 0.2) is 0 Å². The summed E-state index contributed by atoms with van der Waals surface area (Å²) in [6.07, 6.45) is 7.70. The number of terminal acetylenes is 1. The molecule has 0 aromatic carbocycles. The van der Waals surface area contributed by atoms with Crippen LogP contribution in [0, 0.1) is 24.2 Å². The van der Waals surface area contributed by atoms with Crippen LogP contribution in [0.2, 0.25) is 0 Å². The predicted octanol–water partition coefficient (Wildman–Crippen LogP) is 1.37. The van der Waals surface area contributed by atoms with Gasteiger partial charge in [0, 0.05) is 25.0 Å². The lowest BCUT2D eigenvalue weighted by Crippen LogP contribution is -2.56. The largest absolute Gasteiger partial charge is 0.298 e. The van der Waals surface area contributed by atoms with Crippen molar-refractivity contribution in [3.63, 3.8) is 0 Å². The van der Waals surface area contributed by atoms with Gasteiger partial charge in [0.2, 0.25) is 10.0 Å². The van der Waals surface area contributed by atoms with Crippen LogP contribution in [-0.4, -0.2) is 39.0 Å². The minimum absolute atomic E-state index is 0.285. The first kappa shape index (κ1) is 14.1. The lowest BCUT2D eigenvalue weighted by atomic mass is 9.76. The summed E-state index contributed by atoms with van der Waals surface area (Å²) in [4.78, 5) is 2.33. The zero-order chi connectivity index (χ0) is 14.2. The molecule has 1 aromatic heterocycles. The number of nitrogens with zero attached hydrogens (tertiary/aromatic N) is 1. The van der Waals surface area contributed by atoms with E-state index in [2.05, 4.69) is 15.5 Å². The highest BCUT2D eigenvalue weighted by Gasteiger charge is 2.39. The molecule has 0 aliphatic carbocycles. The van der Waals surface area contributed by atoms with Crippen LogP contribution in [0.1, 0.15) is 12.8 Å².